The van der Waals surface area contributed by atoms with E-state index in [1.807, 2.05) is 48.2 Å². The molecule has 1 aromatic heterocycles. The Labute approximate surface area is 135 Å². The minimum atomic E-state index is 0.0188. The van der Waals surface area contributed by atoms with Crippen LogP contribution in [-0.2, 0) is 4.79 Å². The van der Waals surface area contributed by atoms with Gasteiger partial charge in [0.05, 0.1) is 0 Å². The number of carbonyl (C=O) groups is 1. The van der Waals surface area contributed by atoms with Crippen molar-refractivity contribution in [1.82, 2.24) is 15.1 Å². The lowest BCUT2D eigenvalue weighted by Gasteiger charge is -2.35. The second-order valence-corrected chi connectivity index (χ2v) is 5.55. The molecule has 0 radical (unpaired) electrons. The van der Waals surface area contributed by atoms with E-state index in [9.17, 15) is 4.79 Å². The first-order chi connectivity index (χ1) is 11.2. The quantitative estimate of drug-likeness (QED) is 0.856. The Balaban J connectivity index is 1.48. The molecule has 0 bridgehead atoms. The third kappa shape index (κ3) is 3.97. The van der Waals surface area contributed by atoms with E-state index in [1.165, 1.54) is 0 Å². The predicted octanol–water partition coefficient (Wildman–Crippen LogP) is 1.51. The molecular weight excluding hydrogens is 292 g/mol. The molecule has 0 atom stereocenters. The zero-order valence-electron chi connectivity index (χ0n) is 13.2. The van der Waals surface area contributed by atoms with E-state index < -0.39 is 0 Å². The van der Waals surface area contributed by atoms with Crippen LogP contribution < -0.4 is 9.64 Å². The highest BCUT2D eigenvalue weighted by Gasteiger charge is 2.22. The lowest BCUT2D eigenvalue weighted by atomic mass is 10.2. The molecule has 1 aromatic carbocycles. The Kier molecular flexibility index (Phi) is 4.71. The first-order valence-electron chi connectivity index (χ1n) is 7.72. The Bertz CT molecular complexity index is 655. The van der Waals surface area contributed by atoms with E-state index >= 15 is 0 Å². The maximum Gasteiger partial charge on any atom is 0.260 e. The molecule has 2 heterocycles. The second kappa shape index (κ2) is 7.09. The van der Waals surface area contributed by atoms with Gasteiger partial charge in [0, 0.05) is 32.4 Å². The molecule has 0 spiro atoms. The predicted molar refractivity (Wildman–Crippen MR) is 87.5 cm³/mol. The van der Waals surface area contributed by atoms with E-state index in [4.69, 9.17) is 4.74 Å². The third-order valence-electron chi connectivity index (χ3n) is 3.87. The first kappa shape index (κ1) is 15.3. The number of piperazine rings is 1. The zero-order chi connectivity index (χ0) is 16.1. The van der Waals surface area contributed by atoms with Gasteiger partial charge in [-0.15, -0.1) is 5.10 Å². The fourth-order valence-corrected chi connectivity index (χ4v) is 2.59. The van der Waals surface area contributed by atoms with Crippen molar-refractivity contribution in [3.63, 3.8) is 0 Å². The maximum atomic E-state index is 12.3. The van der Waals surface area contributed by atoms with Crippen molar-refractivity contribution in [2.75, 3.05) is 37.7 Å². The molecule has 1 amide bonds. The number of aryl methyl sites for hydroxylation is 1. The van der Waals surface area contributed by atoms with Crippen molar-refractivity contribution >= 4 is 11.7 Å². The SMILES string of the molecule is Cc1cccc(OCC(=O)N2CCN(c3cccnn3)CC2)c1. The molecule has 120 valence electrons. The Morgan fingerprint density at radius 1 is 1.17 bits per heavy atom. The van der Waals surface area contributed by atoms with Crippen molar-refractivity contribution in [2.45, 2.75) is 6.92 Å². The van der Waals surface area contributed by atoms with Gasteiger partial charge in [0.25, 0.3) is 5.91 Å². The second-order valence-electron chi connectivity index (χ2n) is 5.55. The van der Waals surface area contributed by atoms with Gasteiger partial charge in [-0.2, -0.15) is 5.10 Å². The van der Waals surface area contributed by atoms with Gasteiger partial charge in [0.1, 0.15) is 5.75 Å². The monoisotopic (exact) mass is 312 g/mol. The van der Waals surface area contributed by atoms with Gasteiger partial charge in [-0.25, -0.2) is 0 Å². The van der Waals surface area contributed by atoms with Crippen molar-refractivity contribution in [2.24, 2.45) is 0 Å². The molecule has 1 saturated heterocycles. The third-order valence-corrected chi connectivity index (χ3v) is 3.87. The highest BCUT2D eigenvalue weighted by molar-refractivity contribution is 5.78. The van der Waals surface area contributed by atoms with Gasteiger partial charge in [-0.05, 0) is 36.8 Å². The molecule has 3 rings (SSSR count). The molecule has 6 heteroatoms. The van der Waals surface area contributed by atoms with Crippen LogP contribution in [0.25, 0.3) is 0 Å². The molecule has 1 aliphatic rings. The number of aromatic nitrogens is 2. The van der Waals surface area contributed by atoms with Crippen molar-refractivity contribution < 1.29 is 9.53 Å². The summed E-state index contributed by atoms with van der Waals surface area (Å²) in [6.45, 7) is 4.94. The molecule has 2 aromatic rings. The Morgan fingerprint density at radius 2 is 2.00 bits per heavy atom. The van der Waals surface area contributed by atoms with E-state index in [0.717, 1.165) is 30.2 Å². The van der Waals surface area contributed by atoms with Crippen molar-refractivity contribution in [1.29, 1.82) is 0 Å². The summed E-state index contributed by atoms with van der Waals surface area (Å²) in [5.74, 6) is 1.61. The molecule has 6 nitrogen and oxygen atoms in total. The van der Waals surface area contributed by atoms with Crippen LogP contribution in [0, 0.1) is 6.92 Å². The van der Waals surface area contributed by atoms with Gasteiger partial charge in [0.2, 0.25) is 0 Å². The number of benzene rings is 1. The van der Waals surface area contributed by atoms with Gasteiger partial charge in [-0.1, -0.05) is 12.1 Å². The smallest absolute Gasteiger partial charge is 0.260 e. The van der Waals surface area contributed by atoms with Gasteiger partial charge in [-0.3, -0.25) is 4.79 Å². The molecule has 1 fully saturated rings. The Morgan fingerprint density at radius 3 is 2.70 bits per heavy atom. The number of ether oxygens (including phenoxy) is 1. The van der Waals surface area contributed by atoms with Crippen molar-refractivity contribution in [3.05, 3.63) is 48.2 Å². The van der Waals surface area contributed by atoms with Crippen LogP contribution in [0.5, 0.6) is 5.75 Å². The van der Waals surface area contributed by atoms with Crippen LogP contribution in [0.1, 0.15) is 5.56 Å². The summed E-state index contributed by atoms with van der Waals surface area (Å²) >= 11 is 0. The summed E-state index contributed by atoms with van der Waals surface area (Å²) in [4.78, 5) is 16.2. The van der Waals surface area contributed by atoms with Crippen LogP contribution in [-0.4, -0.2) is 53.8 Å². The topological polar surface area (TPSA) is 58.6 Å². The Hall–Kier alpha value is -2.63. The number of hydrogen-bond acceptors (Lipinski definition) is 5. The fraction of sp³-hybridized carbons (Fsp3) is 0.353. The summed E-state index contributed by atoms with van der Waals surface area (Å²) in [5.41, 5.74) is 1.12. The van der Waals surface area contributed by atoms with E-state index in [0.29, 0.717) is 13.1 Å². The number of amides is 1. The van der Waals surface area contributed by atoms with Crippen LogP contribution >= 0.6 is 0 Å². The van der Waals surface area contributed by atoms with E-state index in [1.54, 1.807) is 6.20 Å². The van der Waals surface area contributed by atoms with Crippen LogP contribution in [0.4, 0.5) is 5.82 Å². The standard InChI is InChI=1S/C17H20N4O2/c1-14-4-2-5-15(12-14)23-13-17(22)21-10-8-20(9-11-21)16-6-3-7-18-19-16/h2-7,12H,8-11,13H2,1H3. The molecule has 23 heavy (non-hydrogen) atoms. The van der Waals surface area contributed by atoms with Gasteiger partial charge < -0.3 is 14.5 Å². The molecule has 1 aliphatic heterocycles. The number of nitrogens with zero attached hydrogens (tertiary/aromatic N) is 4. The van der Waals surface area contributed by atoms with Gasteiger partial charge in [0.15, 0.2) is 12.4 Å². The molecule has 0 aliphatic carbocycles. The summed E-state index contributed by atoms with van der Waals surface area (Å²) < 4.78 is 5.59. The molecule has 0 N–H and O–H groups in total. The van der Waals surface area contributed by atoms with Crippen molar-refractivity contribution in [3.8, 4) is 5.75 Å². The minimum absolute atomic E-state index is 0.0188. The summed E-state index contributed by atoms with van der Waals surface area (Å²) in [5, 5.41) is 8.00. The average Bonchev–Trinajstić information content (AvgIpc) is 2.61. The highest BCUT2D eigenvalue weighted by atomic mass is 16.5. The number of hydrogen-bond donors (Lipinski definition) is 0. The number of anilines is 1. The van der Waals surface area contributed by atoms with E-state index in [2.05, 4.69) is 15.1 Å². The number of carbonyl (C=O) groups excluding carboxylic acids is 1. The summed E-state index contributed by atoms with van der Waals surface area (Å²) in [7, 11) is 0. The first-order valence-corrected chi connectivity index (χ1v) is 7.72. The minimum Gasteiger partial charge on any atom is -0.484 e. The fourth-order valence-electron chi connectivity index (χ4n) is 2.59. The van der Waals surface area contributed by atoms with Gasteiger partial charge >= 0.3 is 0 Å². The lowest BCUT2D eigenvalue weighted by Crippen LogP contribution is -2.50. The zero-order valence-corrected chi connectivity index (χ0v) is 13.2. The number of rotatable bonds is 4. The molecular formula is C17H20N4O2. The largest absolute Gasteiger partial charge is 0.484 e. The van der Waals surface area contributed by atoms with Crippen LogP contribution in [0.2, 0.25) is 0 Å². The normalized spacial score (nSPS) is 14.7. The summed E-state index contributed by atoms with van der Waals surface area (Å²) in [6.07, 6.45) is 1.66. The van der Waals surface area contributed by atoms with E-state index in [-0.39, 0.29) is 12.5 Å². The van der Waals surface area contributed by atoms with Crippen LogP contribution in [0.3, 0.4) is 0 Å². The average molecular weight is 312 g/mol. The molecule has 0 saturated carbocycles. The maximum absolute atomic E-state index is 12.3. The molecule has 0 unspecified atom stereocenters. The summed E-state index contributed by atoms with van der Waals surface area (Å²) in [6, 6.07) is 11.5. The highest BCUT2D eigenvalue weighted by Crippen LogP contribution is 2.14. The van der Waals surface area contributed by atoms with Crippen LogP contribution in [0.15, 0.2) is 42.6 Å². The lowest BCUT2D eigenvalue weighted by molar-refractivity contribution is -0.133.